The highest BCUT2D eigenvalue weighted by Crippen LogP contribution is 2.40. The summed E-state index contributed by atoms with van der Waals surface area (Å²) in [5, 5.41) is 9.60. The van der Waals surface area contributed by atoms with Crippen LogP contribution in [-0.2, 0) is 17.6 Å². The third-order valence-electron chi connectivity index (χ3n) is 6.28. The van der Waals surface area contributed by atoms with E-state index < -0.39 is 29.7 Å². The molecular formula is C27H25ClF3NO3. The lowest BCUT2D eigenvalue weighted by Crippen LogP contribution is -2.39. The van der Waals surface area contributed by atoms with Gasteiger partial charge in [0, 0.05) is 5.02 Å². The zero-order valence-corrected chi connectivity index (χ0v) is 19.6. The Balaban J connectivity index is 1.68. The van der Waals surface area contributed by atoms with Gasteiger partial charge in [-0.05, 0) is 73.0 Å². The van der Waals surface area contributed by atoms with Gasteiger partial charge in [0.25, 0.3) is 0 Å². The van der Waals surface area contributed by atoms with Crippen LogP contribution in [0.2, 0.25) is 5.02 Å². The van der Waals surface area contributed by atoms with Gasteiger partial charge < -0.3 is 9.84 Å². The summed E-state index contributed by atoms with van der Waals surface area (Å²) in [4.78, 5) is 13.4. The van der Waals surface area contributed by atoms with Gasteiger partial charge in [-0.25, -0.2) is 0 Å². The summed E-state index contributed by atoms with van der Waals surface area (Å²) in [5.74, 6) is -0.737. The number of rotatable bonds is 7. The van der Waals surface area contributed by atoms with E-state index in [9.17, 15) is 23.1 Å². The van der Waals surface area contributed by atoms with Gasteiger partial charge in [0.2, 0.25) is 0 Å². The number of likely N-dealkylation sites (tertiary alicyclic amines) is 1. The van der Waals surface area contributed by atoms with E-state index in [0.29, 0.717) is 43.9 Å². The van der Waals surface area contributed by atoms with Gasteiger partial charge in [-0.1, -0.05) is 54.1 Å². The maximum atomic E-state index is 13.5. The molecule has 1 N–H and O–H groups in total. The van der Waals surface area contributed by atoms with E-state index >= 15 is 0 Å². The van der Waals surface area contributed by atoms with Crippen LogP contribution in [0.25, 0.3) is 0 Å². The van der Waals surface area contributed by atoms with Crippen LogP contribution in [-0.4, -0.2) is 29.1 Å². The lowest BCUT2D eigenvalue weighted by molar-refractivity contribution is -0.143. The minimum atomic E-state index is -4.51. The third-order valence-corrected chi connectivity index (χ3v) is 6.63. The fourth-order valence-corrected chi connectivity index (χ4v) is 4.66. The molecule has 3 aromatic rings. The first-order chi connectivity index (χ1) is 16.7. The Morgan fingerprint density at radius 3 is 2.40 bits per heavy atom. The number of nitrogens with zero attached hydrogens (tertiary/aromatic N) is 1. The molecule has 1 aliphatic heterocycles. The molecule has 1 heterocycles. The number of piperidine rings is 1. The molecule has 184 valence electrons. The van der Waals surface area contributed by atoms with Crippen LogP contribution in [0.15, 0.2) is 72.8 Å². The molecule has 4 rings (SSSR count). The second-order valence-corrected chi connectivity index (χ2v) is 9.04. The summed E-state index contributed by atoms with van der Waals surface area (Å²) in [7, 11) is 0. The monoisotopic (exact) mass is 503 g/mol. The van der Waals surface area contributed by atoms with Crippen LogP contribution < -0.4 is 4.74 Å². The predicted molar refractivity (Wildman–Crippen MR) is 127 cm³/mol. The van der Waals surface area contributed by atoms with Gasteiger partial charge in [-0.2, -0.15) is 13.2 Å². The first-order valence-electron chi connectivity index (χ1n) is 11.3. The largest absolute Gasteiger partial charge is 0.489 e. The first-order valence-corrected chi connectivity index (χ1v) is 11.7. The number of carboxylic acids is 1. The normalized spacial score (nSPS) is 16.1. The van der Waals surface area contributed by atoms with Crippen LogP contribution in [0, 0.1) is 5.92 Å². The Bertz CT molecular complexity index is 1160. The molecule has 1 aliphatic rings. The standard InChI is InChI=1S/C27H25ClF3NO3/c28-24-10-9-21(27(29,30)31)16-23(24)25(32-13-11-19(12-14-32)26(33)34)20-7-4-8-22(15-20)35-17-18-5-2-1-3-6-18/h1-10,15-16,19,25H,11-14,17H2,(H,33,34). The van der Waals surface area contributed by atoms with E-state index in [1.165, 1.54) is 6.07 Å². The second-order valence-electron chi connectivity index (χ2n) is 8.63. The summed E-state index contributed by atoms with van der Waals surface area (Å²) in [6.07, 6.45) is -3.69. The Labute approximate surface area is 206 Å². The maximum absolute atomic E-state index is 13.5. The number of halogens is 4. The van der Waals surface area contributed by atoms with Crippen LogP contribution in [0.3, 0.4) is 0 Å². The van der Waals surface area contributed by atoms with Crippen molar-refractivity contribution < 1.29 is 27.8 Å². The lowest BCUT2D eigenvalue weighted by Gasteiger charge is -2.37. The molecule has 0 radical (unpaired) electrons. The van der Waals surface area contributed by atoms with Crippen LogP contribution in [0.1, 0.15) is 41.1 Å². The Morgan fingerprint density at radius 2 is 1.74 bits per heavy atom. The summed E-state index contributed by atoms with van der Waals surface area (Å²) in [5.41, 5.74) is 1.27. The quantitative estimate of drug-likeness (QED) is 0.384. The summed E-state index contributed by atoms with van der Waals surface area (Å²) in [6.45, 7) is 1.19. The van der Waals surface area contributed by atoms with Gasteiger partial charge in [0.05, 0.1) is 17.5 Å². The number of benzene rings is 3. The molecule has 1 unspecified atom stereocenters. The van der Waals surface area contributed by atoms with Crippen molar-refractivity contribution >= 4 is 17.6 Å². The van der Waals surface area contributed by atoms with Crippen molar-refractivity contribution in [2.45, 2.75) is 31.7 Å². The topological polar surface area (TPSA) is 49.8 Å². The molecule has 1 saturated heterocycles. The summed E-state index contributed by atoms with van der Waals surface area (Å²) >= 11 is 6.45. The van der Waals surface area contributed by atoms with Crippen LogP contribution in [0.4, 0.5) is 13.2 Å². The smallest absolute Gasteiger partial charge is 0.416 e. The average Bonchev–Trinajstić information content (AvgIpc) is 2.84. The number of carboxylic acid groups (broad SMARTS) is 1. The molecular weight excluding hydrogens is 479 g/mol. The molecule has 1 fully saturated rings. The Hall–Kier alpha value is -3.03. The van der Waals surface area contributed by atoms with E-state index in [0.717, 1.165) is 23.3 Å². The second kappa shape index (κ2) is 10.7. The Kier molecular flexibility index (Phi) is 7.67. The highest BCUT2D eigenvalue weighted by Gasteiger charge is 2.35. The SMILES string of the molecule is O=C(O)C1CCN(C(c2cccc(OCc3ccccc3)c2)c2cc(C(F)(F)F)ccc2Cl)CC1. The number of hydrogen-bond donors (Lipinski definition) is 1. The van der Waals surface area contributed by atoms with Gasteiger partial charge in [0.15, 0.2) is 0 Å². The van der Waals surface area contributed by atoms with Crippen molar-refractivity contribution in [1.82, 2.24) is 4.90 Å². The van der Waals surface area contributed by atoms with Crippen molar-refractivity contribution in [3.05, 3.63) is 100 Å². The van der Waals surface area contributed by atoms with Crippen molar-refractivity contribution in [3.63, 3.8) is 0 Å². The fourth-order valence-electron chi connectivity index (χ4n) is 4.44. The van der Waals surface area contributed by atoms with Gasteiger partial charge in [0.1, 0.15) is 12.4 Å². The van der Waals surface area contributed by atoms with Gasteiger partial charge in [-0.3, -0.25) is 9.69 Å². The first kappa shape index (κ1) is 25.1. The molecule has 0 aliphatic carbocycles. The molecule has 8 heteroatoms. The fraction of sp³-hybridized carbons (Fsp3) is 0.296. The van der Waals surface area contributed by atoms with Crippen molar-refractivity contribution in [1.29, 1.82) is 0 Å². The van der Waals surface area contributed by atoms with Gasteiger partial charge in [-0.15, -0.1) is 0 Å². The molecule has 0 saturated carbocycles. The van der Waals surface area contributed by atoms with E-state index in [-0.39, 0.29) is 5.02 Å². The number of carbonyl (C=O) groups is 1. The van der Waals surface area contributed by atoms with Gasteiger partial charge >= 0.3 is 12.1 Å². The molecule has 3 aromatic carbocycles. The molecule has 0 amide bonds. The number of aliphatic carboxylic acids is 1. The number of alkyl halides is 3. The summed E-state index contributed by atoms with van der Waals surface area (Å²) in [6, 6.07) is 19.6. The number of hydrogen-bond acceptors (Lipinski definition) is 3. The zero-order chi connectivity index (χ0) is 25.0. The number of ether oxygens (including phenoxy) is 1. The highest BCUT2D eigenvalue weighted by molar-refractivity contribution is 6.31. The summed E-state index contributed by atoms with van der Waals surface area (Å²) < 4.78 is 46.5. The molecule has 0 spiro atoms. The minimum Gasteiger partial charge on any atom is -0.489 e. The molecule has 1 atom stereocenters. The van der Waals surface area contributed by atoms with Crippen molar-refractivity contribution in [2.24, 2.45) is 5.92 Å². The predicted octanol–water partition coefficient (Wildman–Crippen LogP) is 6.82. The highest BCUT2D eigenvalue weighted by atomic mass is 35.5. The van der Waals surface area contributed by atoms with Crippen LogP contribution >= 0.6 is 11.6 Å². The molecule has 35 heavy (non-hydrogen) atoms. The minimum absolute atomic E-state index is 0.221. The average molecular weight is 504 g/mol. The molecule has 0 bridgehead atoms. The molecule has 4 nitrogen and oxygen atoms in total. The molecule has 0 aromatic heterocycles. The van der Waals surface area contributed by atoms with Crippen molar-refractivity contribution in [3.8, 4) is 5.75 Å². The van der Waals surface area contributed by atoms with E-state index in [1.54, 1.807) is 12.1 Å². The van der Waals surface area contributed by atoms with E-state index in [2.05, 4.69) is 0 Å². The zero-order valence-electron chi connectivity index (χ0n) is 18.8. The van der Waals surface area contributed by atoms with Crippen molar-refractivity contribution in [2.75, 3.05) is 13.1 Å². The van der Waals surface area contributed by atoms with E-state index in [4.69, 9.17) is 16.3 Å². The third kappa shape index (κ3) is 6.16. The van der Waals surface area contributed by atoms with E-state index in [1.807, 2.05) is 47.4 Å². The maximum Gasteiger partial charge on any atom is 0.416 e. The Morgan fingerprint density at radius 1 is 1.03 bits per heavy atom. The lowest BCUT2D eigenvalue weighted by atomic mass is 9.90. The van der Waals surface area contributed by atoms with Crippen LogP contribution in [0.5, 0.6) is 5.75 Å².